The molecular formula is C69H78N4O10S2. The predicted octanol–water partition coefficient (Wildman–Crippen LogP) is 9.57. The molecule has 6 heterocycles. The number of dihydropyridines is 1. The molecule has 0 aromatic heterocycles. The number of allylic oxidation sites excluding steroid dienone is 3. The smallest absolute Gasteiger partial charge is 0.302 e. The number of carbonyl (C=O) groups excluding carboxylic acids is 1. The molecule has 6 bridgehead atoms. The van der Waals surface area contributed by atoms with Gasteiger partial charge in [0, 0.05) is 108 Å². The molecule has 13 atom stereocenters. The van der Waals surface area contributed by atoms with Gasteiger partial charge in [-0.25, -0.2) is 0 Å². The molecule has 0 amide bonds. The van der Waals surface area contributed by atoms with Gasteiger partial charge >= 0.3 is 5.97 Å². The number of aliphatic hydroxyl groups excluding tert-OH is 2. The highest BCUT2D eigenvalue weighted by molar-refractivity contribution is 8.76. The summed E-state index contributed by atoms with van der Waals surface area (Å²) in [6, 6.07) is 18.4. The van der Waals surface area contributed by atoms with Gasteiger partial charge in [0.25, 0.3) is 0 Å². The number of methoxy groups -OCH3 is 1. The molecule has 85 heavy (non-hydrogen) atoms. The largest absolute Gasteiger partial charge is 0.508 e. The van der Waals surface area contributed by atoms with Crippen LogP contribution < -0.4 is 35.9 Å². The summed E-state index contributed by atoms with van der Waals surface area (Å²) in [4.78, 5) is 13.3. The molecule has 0 radical (unpaired) electrons. The molecule has 4 aromatic rings. The third-order valence-electron chi connectivity index (χ3n) is 19.8. The first kappa shape index (κ1) is 58.0. The molecule has 13 rings (SSSR count). The van der Waals surface area contributed by atoms with E-state index in [-0.39, 0.29) is 67.1 Å². The highest BCUT2D eigenvalue weighted by atomic mass is 33.1. The van der Waals surface area contributed by atoms with E-state index >= 15 is 0 Å². The molecule has 16 heteroatoms. The minimum absolute atomic E-state index is 0.0163. The highest BCUT2D eigenvalue weighted by Crippen LogP contribution is 2.64. The summed E-state index contributed by atoms with van der Waals surface area (Å²) in [5.41, 5.74) is 16.5. The monoisotopic (exact) mass is 1190 g/mol. The third kappa shape index (κ3) is 11.4. The number of benzene rings is 4. The number of phenols is 2. The number of ether oxygens (including phenoxy) is 5. The second-order valence-electron chi connectivity index (χ2n) is 25.0. The van der Waals surface area contributed by atoms with Crippen LogP contribution in [0.5, 0.6) is 28.7 Å². The number of nitrogens with one attached hydrogen (secondary N) is 3. The van der Waals surface area contributed by atoms with Crippen molar-refractivity contribution in [3.63, 3.8) is 0 Å². The van der Waals surface area contributed by atoms with Gasteiger partial charge in [-0.2, -0.15) is 0 Å². The molecule has 1 saturated heterocycles. The van der Waals surface area contributed by atoms with Crippen LogP contribution in [0.15, 0.2) is 84.1 Å². The minimum Gasteiger partial charge on any atom is -0.508 e. The average Bonchev–Trinajstić information content (AvgIpc) is 1.78. The molecule has 9 aliphatic rings. The van der Waals surface area contributed by atoms with E-state index in [1.807, 2.05) is 33.7 Å². The number of phenolic OH excluding ortho intramolecular Hbond substituents is 2. The van der Waals surface area contributed by atoms with E-state index in [1.165, 1.54) is 18.9 Å². The molecule has 446 valence electrons. The van der Waals surface area contributed by atoms with Crippen LogP contribution in [0.1, 0.15) is 127 Å². The van der Waals surface area contributed by atoms with Crippen molar-refractivity contribution < 1.29 is 48.9 Å². The second kappa shape index (κ2) is 25.0. The van der Waals surface area contributed by atoms with Crippen molar-refractivity contribution in [1.29, 1.82) is 0 Å². The van der Waals surface area contributed by atoms with Gasteiger partial charge < -0.3 is 65.8 Å². The zero-order chi connectivity index (χ0) is 58.3. The van der Waals surface area contributed by atoms with Crippen molar-refractivity contribution in [2.75, 3.05) is 51.8 Å². The molecule has 3 fully saturated rings. The zero-order valence-corrected chi connectivity index (χ0v) is 50.1. The molecule has 14 nitrogen and oxygen atoms in total. The lowest BCUT2D eigenvalue weighted by Crippen LogP contribution is -2.49. The van der Waals surface area contributed by atoms with Gasteiger partial charge in [-0.3, -0.25) is 4.79 Å². The van der Waals surface area contributed by atoms with E-state index in [0.29, 0.717) is 77.6 Å². The summed E-state index contributed by atoms with van der Waals surface area (Å²) in [6.45, 7) is 1.69. The van der Waals surface area contributed by atoms with Crippen LogP contribution in [0.3, 0.4) is 0 Å². The maximum atomic E-state index is 13.4. The Morgan fingerprint density at radius 3 is 2.65 bits per heavy atom. The van der Waals surface area contributed by atoms with Gasteiger partial charge in [-0.15, -0.1) is 5.92 Å². The van der Waals surface area contributed by atoms with Crippen LogP contribution in [0.4, 0.5) is 0 Å². The third-order valence-corrected chi connectivity index (χ3v) is 22.4. The Bertz CT molecular complexity index is 3440. The molecular weight excluding hydrogens is 1110 g/mol. The number of hydrogen-bond acceptors (Lipinski definition) is 16. The van der Waals surface area contributed by atoms with E-state index in [4.69, 9.17) is 29.4 Å². The Hall–Kier alpha value is -6.05. The number of aromatic hydroxyl groups is 2. The number of aryl methyl sites for hydroxylation is 1. The summed E-state index contributed by atoms with van der Waals surface area (Å²) < 4.78 is 33.4. The van der Waals surface area contributed by atoms with Crippen LogP contribution in [0.25, 0.3) is 17.2 Å². The SMILES string of the molecule is COCC1CC#CC2C#CC3=C(C=CC(N)N3)C(CCc3ccccc3)C3CCC4(Cc5cc(O)cc(OCO)c5-c5ccc6c(c54)OC(c4c5c(c(O)c(c42)CNCC1CO)OC1CSSCC2CCCC(C2)NC1C=C5)C6COC(C)=O)C3. The van der Waals surface area contributed by atoms with Crippen molar-refractivity contribution in [3.05, 3.63) is 129 Å². The topological polar surface area (TPSA) is 206 Å². The van der Waals surface area contributed by atoms with Gasteiger partial charge in [0.15, 0.2) is 18.3 Å². The number of rotatable bonds is 10. The van der Waals surface area contributed by atoms with Gasteiger partial charge in [-0.05, 0) is 127 Å². The number of fused-ring (bicyclic) bond motifs is 10. The average molecular weight is 1190 g/mol. The molecule has 2 saturated carbocycles. The maximum absolute atomic E-state index is 13.4. The summed E-state index contributed by atoms with van der Waals surface area (Å²) in [6.07, 6.45) is 16.5. The van der Waals surface area contributed by atoms with Gasteiger partial charge in [0.1, 0.15) is 42.0 Å². The first-order valence-corrected chi connectivity index (χ1v) is 33.1. The quantitative estimate of drug-likeness (QED) is 0.0322. The van der Waals surface area contributed by atoms with Crippen molar-refractivity contribution >= 4 is 33.6 Å². The van der Waals surface area contributed by atoms with Crippen LogP contribution >= 0.6 is 21.6 Å². The number of nitrogens with two attached hydrogens (primary N) is 1. The standard InChI is InChI=1S/C69H78N4O10S2/c1-39(76)80-35-55-51-17-18-52-61-45(27-48(77)28-58(61)81-38-75)30-69-25-24-43(29-69)49(16-14-40-8-4-3-5-9-40)50-20-23-60(70)73-56(50)21-15-42-11-7-12-44(34-79-2)46(33-74)31-71-32-54-62(42)63(66(55)83-67(51)64(52)69)53-19-22-57-59(82-68(53)65(54)78)37-85-84-36-41-10-6-13-47(26-41)72-57/h3-5,8-9,17-20,22-23,27-28,41-44,46-47,49,55,57,59-60,66,71-75,77-78H,6,10,12-14,16,24-26,29-38,70H2,1-2H3. The Morgan fingerprint density at radius 2 is 1.81 bits per heavy atom. The minimum atomic E-state index is -0.847. The van der Waals surface area contributed by atoms with E-state index in [2.05, 4.69) is 100 Å². The van der Waals surface area contributed by atoms with E-state index in [1.54, 1.807) is 13.2 Å². The van der Waals surface area contributed by atoms with E-state index in [0.717, 1.165) is 102 Å². The lowest BCUT2D eigenvalue weighted by Gasteiger charge is -2.40. The normalized spacial score (nSPS) is 30.5. The Morgan fingerprint density at radius 1 is 0.941 bits per heavy atom. The van der Waals surface area contributed by atoms with Gasteiger partial charge in [0.2, 0.25) is 0 Å². The van der Waals surface area contributed by atoms with Crippen molar-refractivity contribution in [3.8, 4) is 63.6 Å². The van der Waals surface area contributed by atoms with Gasteiger partial charge in [0.05, 0.1) is 30.4 Å². The zero-order valence-electron chi connectivity index (χ0n) is 48.5. The summed E-state index contributed by atoms with van der Waals surface area (Å²) >= 11 is 0. The maximum Gasteiger partial charge on any atom is 0.302 e. The number of hydrogen-bond donors (Lipinski definition) is 8. The van der Waals surface area contributed by atoms with E-state index in [9.17, 15) is 25.2 Å². The number of aliphatic hydroxyl groups is 2. The molecule has 6 aliphatic heterocycles. The van der Waals surface area contributed by atoms with Crippen LogP contribution in [-0.2, 0) is 39.1 Å². The lowest BCUT2D eigenvalue weighted by atomic mass is 9.64. The molecule has 13 unspecified atom stereocenters. The van der Waals surface area contributed by atoms with Crippen LogP contribution in [0.2, 0.25) is 0 Å². The summed E-state index contributed by atoms with van der Waals surface area (Å²) in [5.74, 6) is 16.6. The lowest BCUT2D eigenvalue weighted by molar-refractivity contribution is -0.141. The molecule has 9 N–H and O–H groups in total. The van der Waals surface area contributed by atoms with Crippen molar-refractivity contribution in [2.24, 2.45) is 35.3 Å². The number of esters is 1. The summed E-state index contributed by atoms with van der Waals surface area (Å²) in [5, 5.41) is 57.6. The van der Waals surface area contributed by atoms with Crippen molar-refractivity contribution in [1.82, 2.24) is 16.0 Å². The van der Waals surface area contributed by atoms with Crippen LogP contribution in [0, 0.1) is 53.3 Å². The first-order valence-electron chi connectivity index (χ1n) is 30.6. The van der Waals surface area contributed by atoms with Gasteiger partial charge in [-0.1, -0.05) is 101 Å². The summed E-state index contributed by atoms with van der Waals surface area (Å²) in [7, 11) is 5.40. The Kier molecular flexibility index (Phi) is 17.0. The van der Waals surface area contributed by atoms with Crippen LogP contribution in [-0.4, -0.2) is 103 Å². The fraction of sp³-hybridized carbons (Fsp3) is 0.493. The fourth-order valence-electron chi connectivity index (χ4n) is 15.9. The Labute approximate surface area is 506 Å². The first-order chi connectivity index (χ1) is 41.5. The number of carbonyl (C=O) groups is 1. The second-order valence-corrected chi connectivity index (χ2v) is 27.5. The highest BCUT2D eigenvalue weighted by Gasteiger charge is 2.53. The Balaban J connectivity index is 1.11. The molecule has 3 aliphatic carbocycles. The van der Waals surface area contributed by atoms with E-state index < -0.39 is 42.3 Å². The fourth-order valence-corrected chi connectivity index (χ4v) is 18.5. The van der Waals surface area contributed by atoms with Crippen molar-refractivity contribution in [2.45, 2.75) is 132 Å². The predicted molar refractivity (Wildman–Crippen MR) is 332 cm³/mol. The molecule has 4 aromatic carbocycles. The molecule has 1 spiro atoms.